The fourth-order valence-electron chi connectivity index (χ4n) is 2.00. The van der Waals surface area contributed by atoms with Crippen molar-refractivity contribution in [2.24, 2.45) is 12.2 Å². The summed E-state index contributed by atoms with van der Waals surface area (Å²) in [5.74, 6) is 1.32. The quantitative estimate of drug-likeness (QED) is 0.523. The van der Waals surface area contributed by atoms with Crippen molar-refractivity contribution in [1.29, 1.82) is 0 Å². The van der Waals surface area contributed by atoms with Gasteiger partial charge in [-0.1, -0.05) is 22.9 Å². The minimum atomic E-state index is 0.558. The number of nitrogens with zero attached hydrogens (tertiary/aromatic N) is 3. The number of aromatic nitrogens is 2. The molecule has 1 aromatic heterocycles. The Bertz CT molecular complexity index is 630. The zero-order chi connectivity index (χ0) is 14.0. The first-order chi connectivity index (χ1) is 9.02. The Labute approximate surface area is 112 Å². The van der Waals surface area contributed by atoms with E-state index < -0.39 is 0 Å². The summed E-state index contributed by atoms with van der Waals surface area (Å²) >= 11 is 0. The summed E-state index contributed by atoms with van der Waals surface area (Å²) in [6, 6.07) is 5.97. The first-order valence-electron chi connectivity index (χ1n) is 5.99. The van der Waals surface area contributed by atoms with Gasteiger partial charge < -0.3 is 9.94 Å². The number of hydrogen-bond donors (Lipinski definition) is 1. The number of rotatable bonds is 3. The molecule has 2 rings (SSSR count). The van der Waals surface area contributed by atoms with Crippen LogP contribution in [0.15, 0.2) is 23.4 Å². The van der Waals surface area contributed by atoms with E-state index >= 15 is 0 Å². The van der Waals surface area contributed by atoms with E-state index in [4.69, 9.17) is 9.94 Å². The van der Waals surface area contributed by atoms with Gasteiger partial charge in [-0.3, -0.25) is 0 Å². The molecule has 0 atom stereocenters. The molecular formula is C14H17N3O2. The third-order valence-electron chi connectivity index (χ3n) is 2.94. The highest BCUT2D eigenvalue weighted by Crippen LogP contribution is 2.28. The molecule has 0 saturated carbocycles. The molecule has 0 radical (unpaired) electrons. The van der Waals surface area contributed by atoms with E-state index in [-0.39, 0.29) is 0 Å². The highest BCUT2D eigenvalue weighted by atomic mass is 16.5. The highest BCUT2D eigenvalue weighted by molar-refractivity contribution is 5.84. The van der Waals surface area contributed by atoms with E-state index in [0.29, 0.717) is 11.4 Å². The molecule has 1 aromatic carbocycles. The number of oxime groups is 1. The van der Waals surface area contributed by atoms with E-state index in [1.54, 1.807) is 11.7 Å². The average molecular weight is 259 g/mol. The average Bonchev–Trinajstić information content (AvgIpc) is 2.60. The molecule has 0 aliphatic rings. The third-order valence-corrected chi connectivity index (χ3v) is 2.94. The number of aryl methyl sites for hydroxylation is 4. The van der Waals surface area contributed by atoms with Crippen LogP contribution < -0.4 is 4.74 Å². The molecule has 0 spiro atoms. The van der Waals surface area contributed by atoms with Crippen molar-refractivity contribution in [3.8, 4) is 11.6 Å². The van der Waals surface area contributed by atoms with E-state index in [9.17, 15) is 0 Å². The number of ether oxygens (including phenoxy) is 1. The van der Waals surface area contributed by atoms with Gasteiger partial charge in [0.05, 0.1) is 17.5 Å². The predicted molar refractivity (Wildman–Crippen MR) is 73.3 cm³/mol. The van der Waals surface area contributed by atoms with Crippen molar-refractivity contribution in [2.75, 3.05) is 0 Å². The fraction of sp³-hybridized carbons (Fsp3) is 0.286. The molecule has 5 heteroatoms. The van der Waals surface area contributed by atoms with Gasteiger partial charge in [-0.05, 0) is 32.4 Å². The molecular weight excluding hydrogens is 242 g/mol. The Morgan fingerprint density at radius 2 is 2.05 bits per heavy atom. The van der Waals surface area contributed by atoms with Crippen molar-refractivity contribution < 1.29 is 9.94 Å². The summed E-state index contributed by atoms with van der Waals surface area (Å²) < 4.78 is 7.53. The second kappa shape index (κ2) is 5.14. The van der Waals surface area contributed by atoms with Gasteiger partial charge in [-0.25, -0.2) is 4.68 Å². The van der Waals surface area contributed by atoms with Gasteiger partial charge in [0.25, 0.3) is 0 Å². The summed E-state index contributed by atoms with van der Waals surface area (Å²) in [5, 5.41) is 16.0. The van der Waals surface area contributed by atoms with Crippen LogP contribution in [0.1, 0.15) is 22.4 Å². The van der Waals surface area contributed by atoms with Crippen LogP contribution in [0.5, 0.6) is 11.6 Å². The largest absolute Gasteiger partial charge is 0.438 e. The Hall–Kier alpha value is -2.30. The van der Waals surface area contributed by atoms with Gasteiger partial charge in [-0.2, -0.15) is 5.10 Å². The molecule has 0 bridgehead atoms. The second-order valence-corrected chi connectivity index (χ2v) is 4.54. The van der Waals surface area contributed by atoms with Crippen LogP contribution in [0.25, 0.3) is 0 Å². The van der Waals surface area contributed by atoms with Crippen molar-refractivity contribution in [3.63, 3.8) is 0 Å². The SMILES string of the molecule is Cc1ccc(Oc2c(C=NO)c(C)nn2C)c(C)c1. The standard InChI is InChI=1S/C14H17N3O2/c1-9-5-6-13(10(2)7-9)19-14-12(8-15-18)11(3)16-17(14)4/h5-8,18H,1-4H3. The fourth-order valence-corrected chi connectivity index (χ4v) is 2.00. The van der Waals surface area contributed by atoms with Crippen LogP contribution in [-0.4, -0.2) is 21.2 Å². The first kappa shape index (κ1) is 13.1. The maximum atomic E-state index is 8.71. The molecule has 0 aliphatic heterocycles. The van der Waals surface area contributed by atoms with E-state index in [2.05, 4.69) is 16.3 Å². The topological polar surface area (TPSA) is 59.6 Å². The van der Waals surface area contributed by atoms with E-state index in [1.807, 2.05) is 32.9 Å². The van der Waals surface area contributed by atoms with Crippen LogP contribution in [0.4, 0.5) is 0 Å². The molecule has 19 heavy (non-hydrogen) atoms. The third kappa shape index (κ3) is 2.59. The van der Waals surface area contributed by atoms with Gasteiger partial charge in [0.1, 0.15) is 5.75 Å². The summed E-state index contributed by atoms with van der Waals surface area (Å²) in [6.07, 6.45) is 1.33. The lowest BCUT2D eigenvalue weighted by Gasteiger charge is -2.10. The van der Waals surface area contributed by atoms with Crippen LogP contribution in [0.3, 0.4) is 0 Å². The van der Waals surface area contributed by atoms with E-state index in [0.717, 1.165) is 17.0 Å². The van der Waals surface area contributed by atoms with Crippen LogP contribution in [0.2, 0.25) is 0 Å². The molecule has 1 N–H and O–H groups in total. The molecule has 0 unspecified atom stereocenters. The molecule has 0 amide bonds. The van der Waals surface area contributed by atoms with Crippen molar-refractivity contribution in [2.45, 2.75) is 20.8 Å². The highest BCUT2D eigenvalue weighted by Gasteiger charge is 2.15. The smallest absolute Gasteiger partial charge is 0.226 e. The van der Waals surface area contributed by atoms with Gasteiger partial charge >= 0.3 is 0 Å². The molecule has 0 aliphatic carbocycles. The van der Waals surface area contributed by atoms with Crippen molar-refractivity contribution in [1.82, 2.24) is 9.78 Å². The predicted octanol–water partition coefficient (Wildman–Crippen LogP) is 2.95. The maximum absolute atomic E-state index is 8.71. The molecule has 5 nitrogen and oxygen atoms in total. The second-order valence-electron chi connectivity index (χ2n) is 4.54. The molecule has 2 aromatic rings. The van der Waals surface area contributed by atoms with Crippen LogP contribution in [-0.2, 0) is 7.05 Å². The lowest BCUT2D eigenvalue weighted by molar-refractivity contribution is 0.321. The van der Waals surface area contributed by atoms with Gasteiger partial charge in [0, 0.05) is 7.05 Å². The van der Waals surface area contributed by atoms with Crippen molar-refractivity contribution in [3.05, 3.63) is 40.6 Å². The monoisotopic (exact) mass is 259 g/mol. The molecule has 100 valence electrons. The summed E-state index contributed by atoms with van der Waals surface area (Å²) in [6.45, 7) is 5.87. The lowest BCUT2D eigenvalue weighted by Crippen LogP contribution is -1.98. The first-order valence-corrected chi connectivity index (χ1v) is 5.99. The number of benzene rings is 1. The minimum absolute atomic E-state index is 0.558. The summed E-state index contributed by atoms with van der Waals surface area (Å²) in [5.41, 5.74) is 3.65. The Morgan fingerprint density at radius 3 is 2.68 bits per heavy atom. The van der Waals surface area contributed by atoms with Gasteiger partial charge in [-0.15, -0.1) is 0 Å². The van der Waals surface area contributed by atoms with Crippen LogP contribution in [0, 0.1) is 20.8 Å². The zero-order valence-electron chi connectivity index (χ0n) is 11.5. The molecule has 0 fully saturated rings. The Balaban J connectivity index is 2.43. The Morgan fingerprint density at radius 1 is 1.32 bits per heavy atom. The molecule has 0 saturated heterocycles. The summed E-state index contributed by atoms with van der Waals surface area (Å²) in [4.78, 5) is 0. The number of hydrogen-bond acceptors (Lipinski definition) is 4. The van der Waals surface area contributed by atoms with Crippen molar-refractivity contribution >= 4 is 6.21 Å². The zero-order valence-corrected chi connectivity index (χ0v) is 11.5. The minimum Gasteiger partial charge on any atom is -0.438 e. The van der Waals surface area contributed by atoms with Crippen LogP contribution >= 0.6 is 0 Å². The lowest BCUT2D eigenvalue weighted by atomic mass is 10.1. The normalized spacial score (nSPS) is 11.2. The Kier molecular flexibility index (Phi) is 3.55. The van der Waals surface area contributed by atoms with E-state index in [1.165, 1.54) is 11.8 Å². The maximum Gasteiger partial charge on any atom is 0.226 e. The van der Waals surface area contributed by atoms with Gasteiger partial charge in [0.15, 0.2) is 0 Å². The van der Waals surface area contributed by atoms with Gasteiger partial charge in [0.2, 0.25) is 5.88 Å². The summed E-state index contributed by atoms with van der Waals surface area (Å²) in [7, 11) is 1.79. The molecule has 1 heterocycles.